The van der Waals surface area contributed by atoms with Gasteiger partial charge in [0.05, 0.1) is 12.2 Å². The fraction of sp³-hybridized carbons (Fsp3) is 1.00. The molecule has 4 rings (SSSR count). The van der Waals surface area contributed by atoms with Crippen molar-refractivity contribution in [1.29, 1.82) is 0 Å². The van der Waals surface area contributed by atoms with Gasteiger partial charge in [0.2, 0.25) is 0 Å². The Bertz CT molecular complexity index is 292. The highest BCUT2D eigenvalue weighted by Crippen LogP contribution is 2.73. The Hall–Kier alpha value is 1.05. The minimum atomic E-state index is 0.609. The molecule has 0 aromatic heterocycles. The molecule has 120 valence electrons. The lowest BCUT2D eigenvalue weighted by atomic mass is 9.98. The van der Waals surface area contributed by atoms with Crippen molar-refractivity contribution < 1.29 is 0 Å². The normalized spacial score (nSPS) is 34.3. The molecule has 3 aliphatic carbocycles. The molecule has 4 aliphatic rings. The maximum Gasteiger partial charge on any atom is 0.0639 e. The first-order valence-corrected chi connectivity index (χ1v) is 11.8. The van der Waals surface area contributed by atoms with Crippen LogP contribution >= 0.6 is 35.3 Å². The zero-order valence-corrected chi connectivity index (χ0v) is 15.8. The van der Waals surface area contributed by atoms with E-state index < -0.39 is 0 Å². The van der Waals surface area contributed by atoms with Crippen LogP contribution in [0.2, 0.25) is 0 Å². The van der Waals surface area contributed by atoms with Crippen LogP contribution in [0.1, 0.15) is 96.3 Å². The molecule has 0 aromatic carbocycles. The molecule has 0 nitrogen and oxygen atoms in total. The zero-order valence-electron chi connectivity index (χ0n) is 13.3. The molecule has 1 heterocycles. The highest BCUT2D eigenvalue weighted by molar-refractivity contribution is 8.35. The molecule has 21 heavy (non-hydrogen) atoms. The Balaban J connectivity index is 1.63. The molecule has 3 heteroatoms. The van der Waals surface area contributed by atoms with Gasteiger partial charge in [-0.1, -0.05) is 57.8 Å². The van der Waals surface area contributed by atoms with Gasteiger partial charge in [0.15, 0.2) is 0 Å². The Morgan fingerprint density at radius 1 is 0.333 bits per heavy atom. The SMILES string of the molecule is C1CCC2(CC1)SC1(CCCCC1)SC1(CCCCC1)S2. The molecular weight excluding hydrogens is 312 g/mol. The van der Waals surface area contributed by atoms with Crippen molar-refractivity contribution in [2.45, 2.75) is 109 Å². The molecule has 0 N–H and O–H groups in total. The molecule has 1 saturated heterocycles. The van der Waals surface area contributed by atoms with Gasteiger partial charge in [-0.15, -0.1) is 35.3 Å². The van der Waals surface area contributed by atoms with Crippen molar-refractivity contribution in [3.8, 4) is 0 Å². The van der Waals surface area contributed by atoms with Crippen LogP contribution < -0.4 is 0 Å². The standard InChI is InChI=1S/C18H30S3/c1-4-10-16(11-5-1)19-17(12-6-2-7-13-17)21-18(20-16)14-8-3-9-15-18/h1-15H2. The Labute approximate surface area is 143 Å². The highest BCUT2D eigenvalue weighted by Gasteiger charge is 2.56. The van der Waals surface area contributed by atoms with E-state index in [1.165, 1.54) is 96.3 Å². The summed E-state index contributed by atoms with van der Waals surface area (Å²) in [6.07, 6.45) is 22.5. The van der Waals surface area contributed by atoms with E-state index in [1.54, 1.807) is 0 Å². The van der Waals surface area contributed by atoms with E-state index in [9.17, 15) is 0 Å². The summed E-state index contributed by atoms with van der Waals surface area (Å²) in [4.78, 5) is 0. The minimum absolute atomic E-state index is 0.609. The fourth-order valence-electron chi connectivity index (χ4n) is 4.96. The summed E-state index contributed by atoms with van der Waals surface area (Å²) in [7, 11) is 0. The molecule has 0 amide bonds. The van der Waals surface area contributed by atoms with E-state index in [0.29, 0.717) is 12.2 Å². The monoisotopic (exact) mass is 342 g/mol. The summed E-state index contributed by atoms with van der Waals surface area (Å²) < 4.78 is 1.83. The van der Waals surface area contributed by atoms with Crippen LogP contribution in [-0.4, -0.2) is 12.2 Å². The van der Waals surface area contributed by atoms with Gasteiger partial charge < -0.3 is 0 Å². The molecular formula is C18H30S3. The van der Waals surface area contributed by atoms with Gasteiger partial charge in [0, 0.05) is 0 Å². The van der Waals surface area contributed by atoms with Crippen molar-refractivity contribution >= 4 is 35.3 Å². The molecule has 0 bridgehead atoms. The summed E-state index contributed by atoms with van der Waals surface area (Å²) in [5.74, 6) is 0. The number of rotatable bonds is 0. The minimum Gasteiger partial charge on any atom is -0.126 e. The van der Waals surface area contributed by atoms with Gasteiger partial charge in [0.25, 0.3) is 0 Å². The van der Waals surface area contributed by atoms with Crippen LogP contribution in [-0.2, 0) is 0 Å². The van der Waals surface area contributed by atoms with Crippen molar-refractivity contribution in [1.82, 2.24) is 0 Å². The first-order valence-electron chi connectivity index (χ1n) is 9.35. The van der Waals surface area contributed by atoms with Gasteiger partial charge in [0.1, 0.15) is 0 Å². The van der Waals surface area contributed by atoms with Gasteiger partial charge in [-0.3, -0.25) is 0 Å². The lowest BCUT2D eigenvalue weighted by molar-refractivity contribution is 0.439. The van der Waals surface area contributed by atoms with E-state index in [2.05, 4.69) is 35.3 Å². The van der Waals surface area contributed by atoms with Gasteiger partial charge in [-0.05, 0) is 38.5 Å². The largest absolute Gasteiger partial charge is 0.126 e. The summed E-state index contributed by atoms with van der Waals surface area (Å²) in [6, 6.07) is 0. The van der Waals surface area contributed by atoms with Crippen molar-refractivity contribution in [3.05, 3.63) is 0 Å². The lowest BCUT2D eigenvalue weighted by Crippen LogP contribution is -2.46. The van der Waals surface area contributed by atoms with E-state index in [0.717, 1.165) is 0 Å². The quantitative estimate of drug-likeness (QED) is 0.457. The third-order valence-electron chi connectivity index (χ3n) is 5.96. The van der Waals surface area contributed by atoms with Crippen LogP contribution in [0.3, 0.4) is 0 Å². The fourth-order valence-corrected chi connectivity index (χ4v) is 13.8. The van der Waals surface area contributed by atoms with Crippen LogP contribution in [0.4, 0.5) is 0 Å². The predicted molar refractivity (Wildman–Crippen MR) is 100 cm³/mol. The van der Waals surface area contributed by atoms with Crippen LogP contribution in [0.5, 0.6) is 0 Å². The number of hydrogen-bond donors (Lipinski definition) is 0. The molecule has 1 aliphatic heterocycles. The van der Waals surface area contributed by atoms with E-state index in [-0.39, 0.29) is 0 Å². The smallest absolute Gasteiger partial charge is 0.0639 e. The topological polar surface area (TPSA) is 0 Å². The van der Waals surface area contributed by atoms with Crippen molar-refractivity contribution in [2.75, 3.05) is 0 Å². The summed E-state index contributed by atoms with van der Waals surface area (Å²) in [6.45, 7) is 0. The molecule has 3 spiro atoms. The lowest BCUT2D eigenvalue weighted by Gasteiger charge is -2.58. The number of hydrogen-bond acceptors (Lipinski definition) is 3. The van der Waals surface area contributed by atoms with E-state index >= 15 is 0 Å². The maximum absolute atomic E-state index is 2.47. The Morgan fingerprint density at radius 3 is 0.810 bits per heavy atom. The molecule has 3 saturated carbocycles. The third-order valence-corrected chi connectivity index (χ3v) is 12.1. The second kappa shape index (κ2) is 6.16. The average Bonchev–Trinajstić information content (AvgIpc) is 2.48. The molecule has 0 aromatic rings. The van der Waals surface area contributed by atoms with Crippen LogP contribution in [0, 0.1) is 0 Å². The second-order valence-corrected chi connectivity index (χ2v) is 13.8. The molecule has 0 radical (unpaired) electrons. The number of thioether (sulfide) groups is 3. The Kier molecular flexibility index (Phi) is 4.57. The first-order chi connectivity index (χ1) is 10.2. The summed E-state index contributed by atoms with van der Waals surface area (Å²) in [5, 5.41) is 0. The summed E-state index contributed by atoms with van der Waals surface area (Å²) in [5.41, 5.74) is 0. The van der Waals surface area contributed by atoms with Gasteiger partial charge in [-0.25, -0.2) is 0 Å². The highest BCUT2D eigenvalue weighted by atomic mass is 32.3. The second-order valence-electron chi connectivity index (χ2n) is 7.72. The molecule has 0 atom stereocenters. The van der Waals surface area contributed by atoms with Crippen molar-refractivity contribution in [2.24, 2.45) is 0 Å². The first kappa shape index (κ1) is 15.6. The summed E-state index contributed by atoms with van der Waals surface area (Å²) >= 11 is 7.41. The van der Waals surface area contributed by atoms with Gasteiger partial charge in [-0.2, -0.15) is 0 Å². The zero-order chi connectivity index (χ0) is 14.2. The average molecular weight is 343 g/mol. The van der Waals surface area contributed by atoms with Crippen molar-refractivity contribution in [3.63, 3.8) is 0 Å². The third kappa shape index (κ3) is 3.18. The molecule has 0 unspecified atom stereocenters. The Morgan fingerprint density at radius 2 is 0.571 bits per heavy atom. The molecule has 4 fully saturated rings. The van der Waals surface area contributed by atoms with Crippen LogP contribution in [0.25, 0.3) is 0 Å². The van der Waals surface area contributed by atoms with E-state index in [4.69, 9.17) is 0 Å². The van der Waals surface area contributed by atoms with Crippen LogP contribution in [0.15, 0.2) is 0 Å². The van der Waals surface area contributed by atoms with E-state index in [1.807, 2.05) is 0 Å². The maximum atomic E-state index is 2.47. The predicted octanol–water partition coefficient (Wildman–Crippen LogP) is 7.18. The van der Waals surface area contributed by atoms with Gasteiger partial charge >= 0.3 is 0 Å².